The van der Waals surface area contributed by atoms with E-state index < -0.39 is 0 Å². The molecule has 0 bridgehead atoms. The first-order valence-electron chi connectivity index (χ1n) is 4.63. The lowest BCUT2D eigenvalue weighted by atomic mass is 10.1. The fourth-order valence-electron chi connectivity index (χ4n) is 1.42. The van der Waals surface area contributed by atoms with E-state index in [1.165, 1.54) is 0 Å². The van der Waals surface area contributed by atoms with Crippen molar-refractivity contribution in [3.05, 3.63) is 42.2 Å². The van der Waals surface area contributed by atoms with Gasteiger partial charge in [0, 0.05) is 18.5 Å². The van der Waals surface area contributed by atoms with Crippen LogP contribution < -0.4 is 0 Å². The summed E-state index contributed by atoms with van der Waals surface area (Å²) in [5.74, 6) is 0.334. The number of nitrogens with zero attached hydrogens (tertiary/aromatic N) is 2. The number of rotatable bonds is 2. The first kappa shape index (κ1) is 8.81. The van der Waals surface area contributed by atoms with Crippen molar-refractivity contribution >= 4 is 0 Å². The molecule has 0 saturated carbocycles. The Morgan fingerprint density at radius 2 is 2.29 bits per heavy atom. The predicted octanol–water partition coefficient (Wildman–Crippen LogP) is 2.14. The highest BCUT2D eigenvalue weighted by atomic mass is 16.3. The predicted molar refractivity (Wildman–Crippen MR) is 54.6 cm³/mol. The lowest BCUT2D eigenvalue weighted by Gasteiger charge is -2.05. The van der Waals surface area contributed by atoms with Crippen LogP contribution in [0.5, 0.6) is 5.75 Å². The molecule has 72 valence electrons. The molecule has 0 aliphatic carbocycles. The molecule has 2 rings (SSSR count). The number of phenols is 1. The smallest absolute Gasteiger partial charge is 0.120 e. The third-order valence-corrected chi connectivity index (χ3v) is 2.22. The molecular formula is C11H12N2O. The molecule has 0 atom stereocenters. The van der Waals surface area contributed by atoms with E-state index in [-0.39, 0.29) is 0 Å². The molecule has 0 amide bonds. The molecule has 0 aliphatic rings. The van der Waals surface area contributed by atoms with Crippen molar-refractivity contribution in [2.75, 3.05) is 0 Å². The van der Waals surface area contributed by atoms with Gasteiger partial charge in [0.05, 0.1) is 5.69 Å². The van der Waals surface area contributed by atoms with Crippen molar-refractivity contribution in [1.29, 1.82) is 0 Å². The highest BCUT2D eigenvalue weighted by Crippen LogP contribution is 2.20. The molecule has 0 radical (unpaired) electrons. The highest BCUT2D eigenvalue weighted by molar-refractivity contribution is 5.43. The molecular weight excluding hydrogens is 176 g/mol. The molecule has 0 fully saturated rings. The molecule has 1 aromatic carbocycles. The number of hydrogen-bond donors (Lipinski definition) is 1. The molecule has 0 unspecified atom stereocenters. The largest absolute Gasteiger partial charge is 0.508 e. The molecule has 0 aliphatic heterocycles. The second-order valence-electron chi connectivity index (χ2n) is 3.12. The van der Waals surface area contributed by atoms with Crippen LogP contribution >= 0.6 is 0 Å². The Morgan fingerprint density at radius 3 is 2.86 bits per heavy atom. The average molecular weight is 188 g/mol. The lowest BCUT2D eigenvalue weighted by molar-refractivity contribution is 0.468. The van der Waals surface area contributed by atoms with Gasteiger partial charge >= 0.3 is 0 Å². The summed E-state index contributed by atoms with van der Waals surface area (Å²) in [6.45, 7) is 2.02. The Kier molecular flexibility index (Phi) is 2.23. The quantitative estimate of drug-likeness (QED) is 0.784. The SMILES string of the molecule is CCc1ccc(-n2cccn2)cc1O. The minimum atomic E-state index is 0.334. The number of phenolic OH excluding ortho intramolecular Hbond substituents is 1. The van der Waals surface area contributed by atoms with Gasteiger partial charge in [0.1, 0.15) is 5.75 Å². The summed E-state index contributed by atoms with van der Waals surface area (Å²) in [4.78, 5) is 0. The normalized spacial score (nSPS) is 10.4. The summed E-state index contributed by atoms with van der Waals surface area (Å²) < 4.78 is 1.72. The van der Waals surface area contributed by atoms with Crippen LogP contribution in [0.3, 0.4) is 0 Å². The average Bonchev–Trinajstić information content (AvgIpc) is 2.70. The van der Waals surface area contributed by atoms with E-state index in [9.17, 15) is 5.11 Å². The van der Waals surface area contributed by atoms with E-state index in [0.29, 0.717) is 5.75 Å². The second kappa shape index (κ2) is 3.54. The van der Waals surface area contributed by atoms with Crippen molar-refractivity contribution in [3.8, 4) is 11.4 Å². The fourth-order valence-corrected chi connectivity index (χ4v) is 1.42. The molecule has 0 spiro atoms. The summed E-state index contributed by atoms with van der Waals surface area (Å²) in [7, 11) is 0. The number of aryl methyl sites for hydroxylation is 1. The van der Waals surface area contributed by atoms with Crippen LogP contribution in [0.25, 0.3) is 5.69 Å². The first-order valence-corrected chi connectivity index (χ1v) is 4.63. The van der Waals surface area contributed by atoms with Gasteiger partial charge in [-0.05, 0) is 24.1 Å². The van der Waals surface area contributed by atoms with Gasteiger partial charge in [0.2, 0.25) is 0 Å². The third-order valence-electron chi connectivity index (χ3n) is 2.22. The molecule has 0 saturated heterocycles. The molecule has 3 nitrogen and oxygen atoms in total. The van der Waals surface area contributed by atoms with Crippen molar-refractivity contribution < 1.29 is 5.11 Å². The van der Waals surface area contributed by atoms with Crippen LogP contribution in [0.1, 0.15) is 12.5 Å². The summed E-state index contributed by atoms with van der Waals surface area (Å²) >= 11 is 0. The molecule has 14 heavy (non-hydrogen) atoms. The second-order valence-corrected chi connectivity index (χ2v) is 3.12. The van der Waals surface area contributed by atoms with Crippen LogP contribution in [0.4, 0.5) is 0 Å². The maximum Gasteiger partial charge on any atom is 0.120 e. The standard InChI is InChI=1S/C11H12N2O/c1-2-9-4-5-10(8-11(9)14)13-7-3-6-12-13/h3-8,14H,2H2,1H3. The van der Waals surface area contributed by atoms with E-state index in [2.05, 4.69) is 5.10 Å². The van der Waals surface area contributed by atoms with Crippen molar-refractivity contribution in [2.24, 2.45) is 0 Å². The topological polar surface area (TPSA) is 38.0 Å². The Balaban J connectivity index is 2.43. The van der Waals surface area contributed by atoms with E-state index in [1.807, 2.05) is 31.3 Å². The Bertz CT molecular complexity index is 421. The minimum absolute atomic E-state index is 0.334. The van der Waals surface area contributed by atoms with Gasteiger partial charge in [0.25, 0.3) is 0 Å². The minimum Gasteiger partial charge on any atom is -0.508 e. The maximum absolute atomic E-state index is 9.65. The zero-order valence-corrected chi connectivity index (χ0v) is 8.01. The van der Waals surface area contributed by atoms with Crippen molar-refractivity contribution in [2.45, 2.75) is 13.3 Å². The lowest BCUT2D eigenvalue weighted by Crippen LogP contribution is -1.94. The highest BCUT2D eigenvalue weighted by Gasteiger charge is 2.01. The summed E-state index contributed by atoms with van der Waals surface area (Å²) in [6.07, 6.45) is 4.40. The van der Waals surface area contributed by atoms with E-state index >= 15 is 0 Å². The van der Waals surface area contributed by atoms with Crippen LogP contribution in [0.15, 0.2) is 36.7 Å². The first-order chi connectivity index (χ1) is 6.81. The van der Waals surface area contributed by atoms with Gasteiger partial charge in [-0.3, -0.25) is 0 Å². The van der Waals surface area contributed by atoms with Crippen molar-refractivity contribution in [1.82, 2.24) is 9.78 Å². The van der Waals surface area contributed by atoms with E-state index in [0.717, 1.165) is 17.7 Å². The molecule has 3 heteroatoms. The summed E-state index contributed by atoms with van der Waals surface area (Å²) in [5.41, 5.74) is 1.84. The van der Waals surface area contributed by atoms with Gasteiger partial charge in [-0.25, -0.2) is 4.68 Å². The van der Waals surface area contributed by atoms with Gasteiger partial charge in [-0.15, -0.1) is 0 Å². The van der Waals surface area contributed by atoms with Crippen LogP contribution in [0, 0.1) is 0 Å². The molecule has 1 heterocycles. The fraction of sp³-hybridized carbons (Fsp3) is 0.182. The third kappa shape index (κ3) is 1.48. The zero-order chi connectivity index (χ0) is 9.97. The van der Waals surface area contributed by atoms with Gasteiger partial charge < -0.3 is 5.11 Å². The molecule has 1 N–H and O–H groups in total. The maximum atomic E-state index is 9.65. The van der Waals surface area contributed by atoms with Crippen LogP contribution in [-0.2, 0) is 6.42 Å². The molecule has 1 aromatic heterocycles. The number of benzene rings is 1. The Hall–Kier alpha value is -1.77. The number of hydrogen-bond acceptors (Lipinski definition) is 2. The monoisotopic (exact) mass is 188 g/mol. The zero-order valence-electron chi connectivity index (χ0n) is 8.01. The van der Waals surface area contributed by atoms with Crippen LogP contribution in [-0.4, -0.2) is 14.9 Å². The van der Waals surface area contributed by atoms with Crippen LogP contribution in [0.2, 0.25) is 0 Å². The van der Waals surface area contributed by atoms with Gasteiger partial charge in [-0.1, -0.05) is 13.0 Å². The Morgan fingerprint density at radius 1 is 1.43 bits per heavy atom. The van der Waals surface area contributed by atoms with Gasteiger partial charge in [0.15, 0.2) is 0 Å². The van der Waals surface area contributed by atoms with Gasteiger partial charge in [-0.2, -0.15) is 5.10 Å². The van der Waals surface area contributed by atoms with E-state index in [1.54, 1.807) is 16.9 Å². The summed E-state index contributed by atoms with van der Waals surface area (Å²) in [5, 5.41) is 13.7. The number of aromatic nitrogens is 2. The number of aromatic hydroxyl groups is 1. The molecule has 2 aromatic rings. The Labute approximate surface area is 82.6 Å². The van der Waals surface area contributed by atoms with Crippen molar-refractivity contribution in [3.63, 3.8) is 0 Å². The van der Waals surface area contributed by atoms with E-state index in [4.69, 9.17) is 0 Å². The summed E-state index contributed by atoms with van der Waals surface area (Å²) in [6, 6.07) is 7.45.